The van der Waals surface area contributed by atoms with Crippen LogP contribution < -0.4 is 5.63 Å². The molecule has 7 heteroatoms. The summed E-state index contributed by atoms with van der Waals surface area (Å²) in [6, 6.07) is 12.5. The Morgan fingerprint density at radius 3 is 2.38 bits per heavy atom. The number of benzene rings is 2. The van der Waals surface area contributed by atoms with Gasteiger partial charge in [-0.05, 0) is 12.1 Å². The molecule has 1 heterocycles. The summed E-state index contributed by atoms with van der Waals surface area (Å²) in [5.41, 5.74) is -0.792. The number of fused-ring (bicyclic) bond motifs is 1. The molecule has 2 unspecified atom stereocenters. The lowest BCUT2D eigenvalue weighted by molar-refractivity contribution is -0.513. The van der Waals surface area contributed by atoms with Crippen molar-refractivity contribution in [1.82, 2.24) is 0 Å². The highest BCUT2D eigenvalue weighted by atomic mass is 16.6. The molecule has 3 rings (SSSR count). The number of nitro groups is 1. The fraction of sp³-hybridized carbons (Fsp3) is 0.158. The van der Waals surface area contributed by atoms with Crippen molar-refractivity contribution in [3.8, 4) is 5.75 Å². The Kier molecular flexibility index (Phi) is 4.53. The van der Waals surface area contributed by atoms with Crippen LogP contribution in [0.4, 0.5) is 0 Å². The Morgan fingerprint density at radius 1 is 1.12 bits per heavy atom. The van der Waals surface area contributed by atoms with Crippen molar-refractivity contribution >= 4 is 16.8 Å². The molecular weight excluding hydrogens is 338 g/mol. The van der Waals surface area contributed by atoms with Crippen LogP contribution in [0.3, 0.4) is 0 Å². The molecule has 7 nitrogen and oxygen atoms in total. The fourth-order valence-electron chi connectivity index (χ4n) is 2.93. The number of nitrogens with zero attached hydrogens (tertiary/aromatic N) is 1. The Labute approximate surface area is 147 Å². The van der Waals surface area contributed by atoms with Crippen LogP contribution in [0.25, 0.3) is 11.0 Å². The molecule has 1 N–H and O–H groups in total. The first kappa shape index (κ1) is 17.3. The van der Waals surface area contributed by atoms with Crippen LogP contribution in [0.2, 0.25) is 0 Å². The SMILES string of the molecule is CC(C(=O)C(c1ccccc1)[N+](=O)[O-])c1c(O)c2ccccc2oc1=O. The van der Waals surface area contributed by atoms with Crippen LogP contribution >= 0.6 is 0 Å². The Hall–Kier alpha value is -3.48. The highest BCUT2D eigenvalue weighted by molar-refractivity contribution is 5.93. The van der Waals surface area contributed by atoms with Crippen LogP contribution in [0.5, 0.6) is 5.75 Å². The molecule has 0 saturated carbocycles. The van der Waals surface area contributed by atoms with E-state index >= 15 is 0 Å². The maximum atomic E-state index is 12.8. The molecule has 0 aliphatic carbocycles. The Morgan fingerprint density at radius 2 is 1.73 bits per heavy atom. The average molecular weight is 353 g/mol. The zero-order valence-electron chi connectivity index (χ0n) is 13.8. The first-order valence-corrected chi connectivity index (χ1v) is 7.88. The molecule has 26 heavy (non-hydrogen) atoms. The van der Waals surface area contributed by atoms with E-state index < -0.39 is 34.0 Å². The van der Waals surface area contributed by atoms with Crippen molar-refractivity contribution < 1.29 is 19.2 Å². The molecule has 0 spiro atoms. The standard InChI is InChI=1S/C19H15NO6/c1-11(17(21)16(20(24)25)12-7-3-2-4-8-12)15-18(22)13-9-5-6-10-14(13)26-19(15)23/h2-11,16,22H,1H3. The predicted octanol–water partition coefficient (Wildman–Crippen LogP) is 3.19. The number of carbonyl (C=O) groups excluding carboxylic acids is 1. The molecule has 0 bridgehead atoms. The van der Waals surface area contributed by atoms with Gasteiger partial charge in [-0.3, -0.25) is 14.9 Å². The second kappa shape index (κ2) is 6.79. The van der Waals surface area contributed by atoms with E-state index in [1.807, 2.05) is 0 Å². The van der Waals surface area contributed by atoms with Gasteiger partial charge in [0.2, 0.25) is 5.78 Å². The number of hydrogen-bond donors (Lipinski definition) is 1. The minimum atomic E-state index is -1.64. The molecule has 132 valence electrons. The zero-order valence-corrected chi connectivity index (χ0v) is 13.8. The van der Waals surface area contributed by atoms with Gasteiger partial charge in [0.25, 0.3) is 6.04 Å². The normalized spacial score (nSPS) is 13.3. The van der Waals surface area contributed by atoms with Gasteiger partial charge in [0.1, 0.15) is 11.3 Å². The first-order valence-electron chi connectivity index (χ1n) is 7.88. The summed E-state index contributed by atoms with van der Waals surface area (Å²) in [7, 11) is 0. The van der Waals surface area contributed by atoms with E-state index in [2.05, 4.69) is 0 Å². The maximum Gasteiger partial charge on any atom is 0.343 e. The molecule has 0 saturated heterocycles. The van der Waals surface area contributed by atoms with Gasteiger partial charge in [0.05, 0.1) is 16.9 Å². The van der Waals surface area contributed by atoms with E-state index in [-0.39, 0.29) is 22.1 Å². The molecule has 0 amide bonds. The second-order valence-corrected chi connectivity index (χ2v) is 5.87. The van der Waals surface area contributed by atoms with Gasteiger partial charge >= 0.3 is 5.63 Å². The van der Waals surface area contributed by atoms with Crippen molar-refractivity contribution in [2.75, 3.05) is 0 Å². The highest BCUT2D eigenvalue weighted by Gasteiger charge is 2.38. The Bertz CT molecular complexity index is 1040. The minimum Gasteiger partial charge on any atom is -0.507 e. The smallest absolute Gasteiger partial charge is 0.343 e. The summed E-state index contributed by atoms with van der Waals surface area (Å²) >= 11 is 0. The molecule has 2 aromatic carbocycles. The van der Waals surface area contributed by atoms with E-state index in [4.69, 9.17) is 4.42 Å². The molecule has 0 aliphatic heterocycles. The van der Waals surface area contributed by atoms with E-state index in [1.54, 1.807) is 30.3 Å². The largest absolute Gasteiger partial charge is 0.507 e. The highest BCUT2D eigenvalue weighted by Crippen LogP contribution is 2.33. The van der Waals surface area contributed by atoms with Crippen molar-refractivity contribution in [1.29, 1.82) is 0 Å². The van der Waals surface area contributed by atoms with Gasteiger partial charge in [-0.1, -0.05) is 49.4 Å². The quantitative estimate of drug-likeness (QED) is 0.428. The number of aromatic hydroxyl groups is 1. The molecule has 2 atom stereocenters. The van der Waals surface area contributed by atoms with Gasteiger partial charge in [-0.25, -0.2) is 4.79 Å². The summed E-state index contributed by atoms with van der Waals surface area (Å²) < 4.78 is 5.15. The van der Waals surface area contributed by atoms with Crippen LogP contribution in [-0.4, -0.2) is 15.8 Å². The molecule has 1 aromatic heterocycles. The fourth-order valence-corrected chi connectivity index (χ4v) is 2.93. The van der Waals surface area contributed by atoms with Gasteiger partial charge in [-0.2, -0.15) is 0 Å². The number of hydrogen-bond acceptors (Lipinski definition) is 6. The first-order chi connectivity index (χ1) is 12.4. The van der Waals surface area contributed by atoms with Gasteiger partial charge in [0.15, 0.2) is 0 Å². The lowest BCUT2D eigenvalue weighted by atomic mass is 9.89. The van der Waals surface area contributed by atoms with Gasteiger partial charge in [0, 0.05) is 10.5 Å². The monoisotopic (exact) mass is 353 g/mol. The van der Waals surface area contributed by atoms with Crippen LogP contribution in [0, 0.1) is 10.1 Å². The van der Waals surface area contributed by atoms with E-state index in [0.29, 0.717) is 0 Å². The van der Waals surface area contributed by atoms with Crippen molar-refractivity contribution in [3.05, 3.63) is 86.3 Å². The molecule has 0 radical (unpaired) electrons. The number of ketones is 1. The summed E-state index contributed by atoms with van der Waals surface area (Å²) in [4.78, 5) is 35.9. The van der Waals surface area contributed by atoms with Gasteiger partial charge in [-0.15, -0.1) is 0 Å². The zero-order chi connectivity index (χ0) is 18.8. The molecular formula is C19H15NO6. The maximum absolute atomic E-state index is 12.8. The van der Waals surface area contributed by atoms with E-state index in [0.717, 1.165) is 0 Å². The van der Waals surface area contributed by atoms with Crippen LogP contribution in [-0.2, 0) is 4.79 Å². The molecule has 3 aromatic rings. The van der Waals surface area contributed by atoms with E-state index in [1.165, 1.54) is 31.2 Å². The number of para-hydroxylation sites is 1. The van der Waals surface area contributed by atoms with Crippen LogP contribution in [0.1, 0.15) is 30.0 Å². The number of rotatable bonds is 5. The third kappa shape index (κ3) is 2.95. The summed E-state index contributed by atoms with van der Waals surface area (Å²) in [5.74, 6) is -2.42. The lowest BCUT2D eigenvalue weighted by Gasteiger charge is -2.15. The summed E-state index contributed by atoms with van der Waals surface area (Å²) in [6.07, 6.45) is 0. The second-order valence-electron chi connectivity index (χ2n) is 5.87. The summed E-state index contributed by atoms with van der Waals surface area (Å²) in [6.45, 7) is 1.35. The van der Waals surface area contributed by atoms with Crippen molar-refractivity contribution in [2.24, 2.45) is 0 Å². The lowest BCUT2D eigenvalue weighted by Crippen LogP contribution is -2.28. The minimum absolute atomic E-state index is 0.173. The molecule has 0 fully saturated rings. The number of carbonyl (C=O) groups is 1. The van der Waals surface area contributed by atoms with Gasteiger partial charge < -0.3 is 9.52 Å². The third-order valence-corrected chi connectivity index (χ3v) is 4.28. The number of Topliss-reactive ketones (excluding diaryl/α,β-unsaturated/α-hetero) is 1. The van der Waals surface area contributed by atoms with Crippen molar-refractivity contribution in [3.63, 3.8) is 0 Å². The average Bonchev–Trinajstić information content (AvgIpc) is 2.62. The summed E-state index contributed by atoms with van der Waals surface area (Å²) in [5, 5.41) is 22.2. The Balaban J connectivity index is 2.10. The topological polar surface area (TPSA) is 111 Å². The van der Waals surface area contributed by atoms with Crippen molar-refractivity contribution in [2.45, 2.75) is 18.9 Å². The van der Waals surface area contributed by atoms with Crippen LogP contribution in [0.15, 0.2) is 63.8 Å². The van der Waals surface area contributed by atoms with E-state index in [9.17, 15) is 24.8 Å². The third-order valence-electron chi connectivity index (χ3n) is 4.28. The molecule has 0 aliphatic rings. The predicted molar refractivity (Wildman–Crippen MR) is 93.7 cm³/mol.